The van der Waals surface area contributed by atoms with Crippen molar-refractivity contribution in [1.29, 1.82) is 0 Å². The molecule has 0 spiro atoms. The summed E-state index contributed by atoms with van der Waals surface area (Å²) in [5.74, 6) is 5.38. The van der Waals surface area contributed by atoms with Gasteiger partial charge in [-0.2, -0.15) is 0 Å². The SMILES string of the molecule is CC(C)(C)CC(C)(C)NC(=O)c1cnc(NN)cn1. The number of carbonyl (C=O) groups excluding carboxylic acids is 1. The van der Waals surface area contributed by atoms with Gasteiger partial charge in [0, 0.05) is 5.54 Å². The molecular formula is C13H23N5O. The van der Waals surface area contributed by atoms with Crippen LogP contribution >= 0.6 is 0 Å². The first-order chi connectivity index (χ1) is 8.63. The van der Waals surface area contributed by atoms with E-state index in [1.807, 2.05) is 13.8 Å². The molecule has 0 fully saturated rings. The molecule has 19 heavy (non-hydrogen) atoms. The summed E-state index contributed by atoms with van der Waals surface area (Å²) in [5.41, 5.74) is 2.48. The second-order valence-electron chi connectivity index (χ2n) is 6.51. The van der Waals surface area contributed by atoms with Gasteiger partial charge in [-0.15, -0.1) is 0 Å². The topological polar surface area (TPSA) is 92.9 Å². The molecule has 1 aromatic heterocycles. The van der Waals surface area contributed by atoms with E-state index >= 15 is 0 Å². The van der Waals surface area contributed by atoms with E-state index in [9.17, 15) is 4.79 Å². The van der Waals surface area contributed by atoms with E-state index in [0.717, 1.165) is 6.42 Å². The van der Waals surface area contributed by atoms with Gasteiger partial charge in [0.05, 0.1) is 12.4 Å². The highest BCUT2D eigenvalue weighted by atomic mass is 16.2. The predicted octanol–water partition coefficient (Wildman–Crippen LogP) is 1.71. The first-order valence-electron chi connectivity index (χ1n) is 6.24. The van der Waals surface area contributed by atoms with Gasteiger partial charge in [0.15, 0.2) is 5.82 Å². The molecule has 1 rings (SSSR count). The van der Waals surface area contributed by atoms with Crippen LogP contribution in [0.1, 0.15) is 51.5 Å². The van der Waals surface area contributed by atoms with Gasteiger partial charge in [0.25, 0.3) is 5.91 Å². The second-order valence-corrected chi connectivity index (χ2v) is 6.51. The molecule has 6 heteroatoms. The van der Waals surface area contributed by atoms with Crippen molar-refractivity contribution in [2.24, 2.45) is 11.3 Å². The molecule has 1 heterocycles. The maximum atomic E-state index is 12.1. The lowest BCUT2D eigenvalue weighted by Gasteiger charge is -2.33. The molecule has 0 unspecified atom stereocenters. The Morgan fingerprint density at radius 1 is 1.21 bits per heavy atom. The van der Waals surface area contributed by atoms with Gasteiger partial charge in [-0.25, -0.2) is 15.8 Å². The molecule has 0 atom stereocenters. The Morgan fingerprint density at radius 2 is 1.84 bits per heavy atom. The number of hydrogen-bond acceptors (Lipinski definition) is 5. The van der Waals surface area contributed by atoms with Crippen LogP contribution in [0, 0.1) is 5.41 Å². The smallest absolute Gasteiger partial charge is 0.271 e. The summed E-state index contributed by atoms with van der Waals surface area (Å²) in [5, 5.41) is 2.97. The normalized spacial score (nSPS) is 12.1. The Kier molecular flexibility index (Phi) is 4.47. The Bertz CT molecular complexity index is 433. The number of amides is 1. The van der Waals surface area contributed by atoms with Crippen molar-refractivity contribution in [2.75, 3.05) is 5.43 Å². The number of hydrazine groups is 1. The molecule has 1 amide bonds. The van der Waals surface area contributed by atoms with Crippen molar-refractivity contribution in [3.8, 4) is 0 Å². The third-order valence-electron chi connectivity index (χ3n) is 2.46. The van der Waals surface area contributed by atoms with Crippen molar-refractivity contribution in [3.63, 3.8) is 0 Å². The third-order valence-corrected chi connectivity index (χ3v) is 2.46. The number of hydrogen-bond donors (Lipinski definition) is 3. The highest BCUT2D eigenvalue weighted by molar-refractivity contribution is 5.92. The van der Waals surface area contributed by atoms with Crippen LogP contribution in [0.15, 0.2) is 12.4 Å². The van der Waals surface area contributed by atoms with Crippen molar-refractivity contribution in [2.45, 2.75) is 46.6 Å². The van der Waals surface area contributed by atoms with E-state index in [2.05, 4.69) is 41.5 Å². The van der Waals surface area contributed by atoms with Gasteiger partial charge < -0.3 is 10.7 Å². The zero-order chi connectivity index (χ0) is 14.7. The molecule has 0 aliphatic rings. The fourth-order valence-corrected chi connectivity index (χ4v) is 2.26. The summed E-state index contributed by atoms with van der Waals surface area (Å²) < 4.78 is 0. The van der Waals surface area contributed by atoms with E-state index in [1.165, 1.54) is 12.4 Å². The highest BCUT2D eigenvalue weighted by Gasteiger charge is 2.27. The first-order valence-corrected chi connectivity index (χ1v) is 6.24. The molecule has 0 radical (unpaired) electrons. The van der Waals surface area contributed by atoms with E-state index in [-0.39, 0.29) is 22.6 Å². The van der Waals surface area contributed by atoms with Crippen LogP contribution in [0.5, 0.6) is 0 Å². The van der Waals surface area contributed by atoms with Crippen LogP contribution in [-0.4, -0.2) is 21.4 Å². The fraction of sp³-hybridized carbons (Fsp3) is 0.615. The standard InChI is InChI=1S/C13H23N5O/c1-12(2,3)8-13(4,5)17-11(19)9-6-16-10(18-14)7-15-9/h6-7H,8,14H2,1-5H3,(H,16,18)(H,17,19). The number of anilines is 1. The quantitative estimate of drug-likeness (QED) is 0.569. The van der Waals surface area contributed by atoms with Gasteiger partial charge in [0.1, 0.15) is 5.69 Å². The van der Waals surface area contributed by atoms with Gasteiger partial charge in [-0.3, -0.25) is 4.79 Å². The minimum atomic E-state index is -0.304. The minimum Gasteiger partial charge on any atom is -0.346 e. The molecule has 0 aliphatic heterocycles. The predicted molar refractivity (Wildman–Crippen MR) is 75.5 cm³/mol. The largest absolute Gasteiger partial charge is 0.346 e. The molecule has 4 N–H and O–H groups in total. The van der Waals surface area contributed by atoms with E-state index in [4.69, 9.17) is 5.84 Å². The zero-order valence-corrected chi connectivity index (χ0v) is 12.2. The Hall–Kier alpha value is -1.69. The van der Waals surface area contributed by atoms with Crippen LogP contribution in [0.2, 0.25) is 0 Å². The molecule has 0 aliphatic carbocycles. The second kappa shape index (κ2) is 5.52. The summed E-state index contributed by atoms with van der Waals surface area (Å²) in [7, 11) is 0. The third kappa shape index (κ3) is 5.21. The number of aromatic nitrogens is 2. The van der Waals surface area contributed by atoms with Crippen molar-refractivity contribution in [3.05, 3.63) is 18.1 Å². The monoisotopic (exact) mass is 265 g/mol. The summed E-state index contributed by atoms with van der Waals surface area (Å²) in [4.78, 5) is 20.1. The van der Waals surface area contributed by atoms with Gasteiger partial charge in [-0.1, -0.05) is 20.8 Å². The molecule has 6 nitrogen and oxygen atoms in total. The van der Waals surface area contributed by atoms with Crippen LogP contribution in [0.25, 0.3) is 0 Å². The average Bonchev–Trinajstić information content (AvgIpc) is 2.25. The van der Waals surface area contributed by atoms with E-state index < -0.39 is 0 Å². The Labute approximate surface area is 114 Å². The van der Waals surface area contributed by atoms with E-state index in [0.29, 0.717) is 5.82 Å². The van der Waals surface area contributed by atoms with Gasteiger partial charge in [0.2, 0.25) is 0 Å². The van der Waals surface area contributed by atoms with Crippen molar-refractivity contribution >= 4 is 11.7 Å². The summed E-state index contributed by atoms with van der Waals surface area (Å²) in [6.07, 6.45) is 3.69. The summed E-state index contributed by atoms with van der Waals surface area (Å²) >= 11 is 0. The zero-order valence-electron chi connectivity index (χ0n) is 12.2. The van der Waals surface area contributed by atoms with Crippen LogP contribution in [0.4, 0.5) is 5.82 Å². The van der Waals surface area contributed by atoms with Crippen molar-refractivity contribution in [1.82, 2.24) is 15.3 Å². The molecule has 1 aromatic rings. The number of nitrogen functional groups attached to an aromatic ring is 1. The summed E-state index contributed by atoms with van der Waals surface area (Å²) in [6, 6.07) is 0. The minimum absolute atomic E-state index is 0.135. The van der Waals surface area contributed by atoms with E-state index in [1.54, 1.807) is 0 Å². The van der Waals surface area contributed by atoms with Gasteiger partial charge >= 0.3 is 0 Å². The lowest BCUT2D eigenvalue weighted by molar-refractivity contribution is 0.0886. The molecule has 0 saturated heterocycles. The molecule has 106 valence electrons. The number of carbonyl (C=O) groups is 1. The maximum Gasteiger partial charge on any atom is 0.271 e. The Balaban J connectivity index is 2.72. The maximum absolute atomic E-state index is 12.1. The molecular weight excluding hydrogens is 242 g/mol. The Morgan fingerprint density at radius 3 is 2.26 bits per heavy atom. The molecule has 0 bridgehead atoms. The lowest BCUT2D eigenvalue weighted by atomic mass is 9.82. The van der Waals surface area contributed by atoms with Crippen molar-refractivity contribution < 1.29 is 4.79 Å². The number of nitrogens with zero attached hydrogens (tertiary/aromatic N) is 2. The highest BCUT2D eigenvalue weighted by Crippen LogP contribution is 2.26. The number of rotatable bonds is 4. The van der Waals surface area contributed by atoms with Crippen LogP contribution in [0.3, 0.4) is 0 Å². The number of nitrogens with two attached hydrogens (primary N) is 1. The number of nitrogens with one attached hydrogen (secondary N) is 2. The first kappa shape index (κ1) is 15.4. The van der Waals surface area contributed by atoms with Gasteiger partial charge in [-0.05, 0) is 25.7 Å². The molecule has 0 saturated carbocycles. The summed E-state index contributed by atoms with van der Waals surface area (Å²) in [6.45, 7) is 10.4. The fourth-order valence-electron chi connectivity index (χ4n) is 2.26. The van der Waals surface area contributed by atoms with Crippen LogP contribution in [-0.2, 0) is 0 Å². The van der Waals surface area contributed by atoms with Crippen LogP contribution < -0.4 is 16.6 Å². The lowest BCUT2D eigenvalue weighted by Crippen LogP contribution is -2.46. The average molecular weight is 265 g/mol. The molecule has 0 aromatic carbocycles.